The summed E-state index contributed by atoms with van der Waals surface area (Å²) in [6.45, 7) is 0. The fourth-order valence-corrected chi connectivity index (χ4v) is 4.13. The van der Waals surface area contributed by atoms with Crippen LogP contribution in [0.1, 0.15) is 45.7 Å². The Labute approximate surface area is 180 Å². The third kappa shape index (κ3) is 3.40. The molecule has 0 spiro atoms. The molecule has 3 aromatic rings. The number of carbonyl (C=O) groups excluding carboxylic acids is 1. The number of ether oxygens (including phenoxy) is 3. The van der Waals surface area contributed by atoms with E-state index in [0.29, 0.717) is 5.56 Å². The number of hydrogen-bond acceptors (Lipinski definition) is 6. The number of para-hydroxylation sites is 1. The highest BCUT2D eigenvalue weighted by atomic mass is 16.5. The summed E-state index contributed by atoms with van der Waals surface area (Å²) in [5, 5.41) is 6.98. The fourth-order valence-electron chi connectivity index (χ4n) is 4.13. The van der Waals surface area contributed by atoms with Crippen molar-refractivity contribution in [1.29, 1.82) is 0 Å². The van der Waals surface area contributed by atoms with Gasteiger partial charge < -0.3 is 14.2 Å². The highest BCUT2D eigenvalue weighted by Crippen LogP contribution is 2.47. The Balaban J connectivity index is 1.54. The lowest BCUT2D eigenvalue weighted by molar-refractivity contribution is -0.0190. The predicted molar refractivity (Wildman–Crippen MR) is 116 cm³/mol. The molecule has 0 aromatic heterocycles. The van der Waals surface area contributed by atoms with Gasteiger partial charge >= 0.3 is 5.97 Å². The van der Waals surface area contributed by atoms with Gasteiger partial charge in [-0.1, -0.05) is 42.5 Å². The molecule has 156 valence electrons. The molecule has 0 unspecified atom stereocenters. The number of fused-ring (bicyclic) bond motifs is 3. The molecule has 5 rings (SSSR count). The van der Waals surface area contributed by atoms with Crippen LogP contribution in [0.3, 0.4) is 0 Å². The second kappa shape index (κ2) is 7.80. The van der Waals surface area contributed by atoms with Gasteiger partial charge in [-0.2, -0.15) is 5.10 Å². The van der Waals surface area contributed by atoms with E-state index in [-0.39, 0.29) is 12.0 Å². The van der Waals surface area contributed by atoms with Gasteiger partial charge in [-0.05, 0) is 30.3 Å². The molecule has 2 heterocycles. The van der Waals surface area contributed by atoms with Crippen LogP contribution < -0.4 is 9.47 Å². The zero-order valence-corrected chi connectivity index (χ0v) is 17.3. The minimum atomic E-state index is -0.394. The van der Waals surface area contributed by atoms with Crippen LogP contribution in [-0.4, -0.2) is 30.9 Å². The number of hydrazone groups is 1. The molecule has 2 aliphatic heterocycles. The van der Waals surface area contributed by atoms with E-state index in [4.69, 9.17) is 19.3 Å². The van der Waals surface area contributed by atoms with Crippen molar-refractivity contribution in [3.8, 4) is 11.5 Å². The largest absolute Gasteiger partial charge is 0.497 e. The van der Waals surface area contributed by atoms with Crippen molar-refractivity contribution in [1.82, 2.24) is 5.01 Å². The number of nitrogens with zero attached hydrogens (tertiary/aromatic N) is 2. The number of rotatable bonds is 4. The molecule has 0 bridgehead atoms. The maximum Gasteiger partial charge on any atom is 0.337 e. The number of carbonyl (C=O) groups is 1. The highest BCUT2D eigenvalue weighted by Gasteiger charge is 2.40. The fraction of sp³-hybridized carbons (Fsp3) is 0.200. The van der Waals surface area contributed by atoms with E-state index in [1.165, 1.54) is 7.11 Å². The van der Waals surface area contributed by atoms with E-state index in [1.807, 2.05) is 59.6 Å². The van der Waals surface area contributed by atoms with Gasteiger partial charge in [-0.25, -0.2) is 9.80 Å². The van der Waals surface area contributed by atoms with Crippen LogP contribution in [0.15, 0.2) is 77.9 Å². The maximum absolute atomic E-state index is 11.8. The average Bonchev–Trinajstić information content (AvgIpc) is 3.29. The van der Waals surface area contributed by atoms with Crippen LogP contribution in [0.4, 0.5) is 0 Å². The van der Waals surface area contributed by atoms with Gasteiger partial charge in [0.2, 0.25) is 6.23 Å². The number of hydrogen-bond donors (Lipinski definition) is 0. The maximum atomic E-state index is 11.8. The zero-order chi connectivity index (χ0) is 21.4. The lowest BCUT2D eigenvalue weighted by Crippen LogP contribution is -2.33. The predicted octanol–water partition coefficient (Wildman–Crippen LogP) is 4.72. The number of esters is 1. The van der Waals surface area contributed by atoms with Crippen molar-refractivity contribution >= 4 is 11.7 Å². The first-order chi connectivity index (χ1) is 15.2. The van der Waals surface area contributed by atoms with Crippen molar-refractivity contribution in [2.24, 2.45) is 5.10 Å². The van der Waals surface area contributed by atoms with E-state index in [0.717, 1.165) is 40.3 Å². The lowest BCUT2D eigenvalue weighted by atomic mass is 9.96. The molecule has 0 amide bonds. The molecular weight excluding hydrogens is 392 g/mol. The molecule has 31 heavy (non-hydrogen) atoms. The third-order valence-corrected chi connectivity index (χ3v) is 5.72. The number of methoxy groups -OCH3 is 2. The molecular formula is C25H22N2O4. The third-order valence-electron chi connectivity index (χ3n) is 5.72. The van der Waals surface area contributed by atoms with Gasteiger partial charge in [0.05, 0.1) is 31.5 Å². The molecule has 2 atom stereocenters. The van der Waals surface area contributed by atoms with Crippen LogP contribution in [-0.2, 0) is 4.74 Å². The Bertz CT molecular complexity index is 1160. The summed E-state index contributed by atoms with van der Waals surface area (Å²) in [7, 11) is 3.04. The first-order valence-electron chi connectivity index (χ1n) is 10.1. The zero-order valence-electron chi connectivity index (χ0n) is 17.3. The summed E-state index contributed by atoms with van der Waals surface area (Å²) >= 11 is 0. The van der Waals surface area contributed by atoms with Crippen molar-refractivity contribution in [3.05, 3.63) is 95.1 Å². The first kappa shape index (κ1) is 19.2. The van der Waals surface area contributed by atoms with Gasteiger partial charge in [-0.3, -0.25) is 0 Å². The second-order valence-corrected chi connectivity index (χ2v) is 7.50. The van der Waals surface area contributed by atoms with Crippen LogP contribution in [0.5, 0.6) is 11.5 Å². The van der Waals surface area contributed by atoms with E-state index in [2.05, 4.69) is 6.07 Å². The molecule has 0 radical (unpaired) electrons. The van der Waals surface area contributed by atoms with Crippen molar-refractivity contribution < 1.29 is 19.0 Å². The molecule has 0 saturated carbocycles. The summed E-state index contributed by atoms with van der Waals surface area (Å²) in [5.41, 5.74) is 4.56. The number of benzene rings is 3. The van der Waals surface area contributed by atoms with Gasteiger partial charge in [0.1, 0.15) is 11.5 Å². The van der Waals surface area contributed by atoms with Crippen LogP contribution >= 0.6 is 0 Å². The smallest absolute Gasteiger partial charge is 0.337 e. The van der Waals surface area contributed by atoms with Crippen LogP contribution in [0.2, 0.25) is 0 Å². The monoisotopic (exact) mass is 414 g/mol. The summed E-state index contributed by atoms with van der Waals surface area (Å²) in [6.07, 6.45) is 0.374. The van der Waals surface area contributed by atoms with Crippen molar-refractivity contribution in [3.63, 3.8) is 0 Å². The second-order valence-electron chi connectivity index (χ2n) is 7.50. The molecule has 0 saturated heterocycles. The summed E-state index contributed by atoms with van der Waals surface area (Å²) in [4.78, 5) is 11.8. The quantitative estimate of drug-likeness (QED) is 0.578. The average molecular weight is 414 g/mol. The van der Waals surface area contributed by atoms with E-state index >= 15 is 0 Å². The standard InChI is InChI=1S/C25H22N2O4/c1-29-19-7-5-6-18(14-19)21-15-22-20-8-3-4-9-23(20)31-24(27(22)26-21)16-10-12-17(13-11-16)25(28)30-2/h3-14,22,24H,15H2,1-2H3/t22-,24+/m1/s1. The highest BCUT2D eigenvalue weighted by molar-refractivity contribution is 6.02. The SMILES string of the molecule is COC(=O)c1ccc([C@@H]2Oc3ccccc3[C@H]3CC(c4cccc(OC)c4)=NN32)cc1. The summed E-state index contributed by atoms with van der Waals surface area (Å²) in [6, 6.07) is 23.4. The van der Waals surface area contributed by atoms with Gasteiger partial charge in [0.25, 0.3) is 0 Å². The van der Waals surface area contributed by atoms with Gasteiger partial charge in [0.15, 0.2) is 0 Å². The Hall–Kier alpha value is -3.80. The summed E-state index contributed by atoms with van der Waals surface area (Å²) in [5.74, 6) is 1.29. The first-order valence-corrected chi connectivity index (χ1v) is 10.1. The Morgan fingerprint density at radius 2 is 1.84 bits per heavy atom. The van der Waals surface area contributed by atoms with Crippen molar-refractivity contribution in [2.45, 2.75) is 18.7 Å². The Morgan fingerprint density at radius 3 is 2.61 bits per heavy atom. The van der Waals surface area contributed by atoms with E-state index < -0.39 is 6.23 Å². The topological polar surface area (TPSA) is 60.4 Å². The van der Waals surface area contributed by atoms with E-state index in [1.54, 1.807) is 19.2 Å². The molecule has 0 aliphatic carbocycles. The van der Waals surface area contributed by atoms with Crippen molar-refractivity contribution in [2.75, 3.05) is 14.2 Å². The molecule has 6 nitrogen and oxygen atoms in total. The molecule has 3 aromatic carbocycles. The minimum Gasteiger partial charge on any atom is -0.497 e. The molecule has 0 N–H and O–H groups in total. The van der Waals surface area contributed by atoms with Gasteiger partial charge in [0, 0.05) is 23.1 Å². The normalized spacial score (nSPS) is 19.0. The van der Waals surface area contributed by atoms with E-state index in [9.17, 15) is 4.79 Å². The Morgan fingerprint density at radius 1 is 1.03 bits per heavy atom. The van der Waals surface area contributed by atoms with Gasteiger partial charge in [-0.15, -0.1) is 0 Å². The van der Waals surface area contributed by atoms with Crippen LogP contribution in [0.25, 0.3) is 0 Å². The molecule has 0 fully saturated rings. The summed E-state index contributed by atoms with van der Waals surface area (Å²) < 4.78 is 16.6. The molecule has 6 heteroatoms. The Kier molecular flexibility index (Phi) is 4.82. The molecule has 2 aliphatic rings. The lowest BCUT2D eigenvalue weighted by Gasteiger charge is -2.38. The minimum absolute atomic E-state index is 0.0661. The van der Waals surface area contributed by atoms with Crippen LogP contribution in [0, 0.1) is 0 Å².